The Morgan fingerprint density at radius 2 is 2.26 bits per heavy atom. The summed E-state index contributed by atoms with van der Waals surface area (Å²) >= 11 is 8.60. The Hall–Kier alpha value is -1.11. The molecule has 0 unspecified atom stereocenters. The molecule has 0 radical (unpaired) electrons. The maximum Gasteiger partial charge on any atom is 0.337 e. The Bertz CT molecular complexity index is 640. The van der Waals surface area contributed by atoms with Crippen LogP contribution in [0.3, 0.4) is 0 Å². The molecule has 7 heteroatoms. The maximum absolute atomic E-state index is 11.0. The minimum Gasteiger partial charge on any atom is -0.478 e. The second-order valence-corrected chi connectivity index (χ2v) is 6.72. The number of hydrogen-bond acceptors (Lipinski definition) is 5. The van der Waals surface area contributed by atoms with Crippen LogP contribution < -0.4 is 0 Å². The number of halogens is 1. The third kappa shape index (κ3) is 2.91. The number of rotatable bonds is 4. The van der Waals surface area contributed by atoms with Gasteiger partial charge in [0.25, 0.3) is 0 Å². The highest BCUT2D eigenvalue weighted by molar-refractivity contribution is 8.01. The molecule has 1 N–H and O–H groups in total. The van der Waals surface area contributed by atoms with Gasteiger partial charge in [0.1, 0.15) is 5.82 Å². The Labute approximate surface area is 123 Å². The normalized spacial score (nSPS) is 14.6. The van der Waals surface area contributed by atoms with Crippen LogP contribution in [0.25, 0.3) is 0 Å². The number of nitrogens with zero attached hydrogens (tertiary/aromatic N) is 2. The van der Waals surface area contributed by atoms with Gasteiger partial charge in [-0.1, -0.05) is 23.4 Å². The summed E-state index contributed by atoms with van der Waals surface area (Å²) in [5.74, 6) is 0.425. The summed E-state index contributed by atoms with van der Waals surface area (Å²) in [7, 11) is 0. The van der Waals surface area contributed by atoms with Gasteiger partial charge in [0.2, 0.25) is 0 Å². The number of hydrogen-bond donors (Lipinski definition) is 1. The summed E-state index contributed by atoms with van der Waals surface area (Å²) in [4.78, 5) is 16.3. The summed E-state index contributed by atoms with van der Waals surface area (Å²) in [6.07, 6.45) is 2.34. The van der Waals surface area contributed by atoms with Crippen LogP contribution in [0.4, 0.5) is 0 Å². The van der Waals surface area contributed by atoms with Gasteiger partial charge in [-0.2, -0.15) is 4.37 Å². The van der Waals surface area contributed by atoms with E-state index in [1.54, 1.807) is 18.2 Å². The molecule has 0 atom stereocenters. The summed E-state index contributed by atoms with van der Waals surface area (Å²) in [5, 5.41) is 9.27. The van der Waals surface area contributed by atoms with Gasteiger partial charge in [0.15, 0.2) is 4.34 Å². The van der Waals surface area contributed by atoms with Gasteiger partial charge >= 0.3 is 5.97 Å². The largest absolute Gasteiger partial charge is 0.478 e. The Balaban J connectivity index is 1.81. The Morgan fingerprint density at radius 3 is 2.95 bits per heavy atom. The molecule has 98 valence electrons. The SMILES string of the molecule is O=C(O)c1cc(Sc2nc(C3CC3)ns2)ccc1Cl. The standard InChI is InChI=1S/C12H9ClN2O2S2/c13-9-4-3-7(5-8(9)11(16)17)18-12-14-10(15-19-12)6-1-2-6/h3-6H,1-2H2,(H,16,17). The number of carbonyl (C=O) groups is 1. The molecule has 0 bridgehead atoms. The summed E-state index contributed by atoms with van der Waals surface area (Å²) in [5.41, 5.74) is 0.110. The monoisotopic (exact) mass is 312 g/mol. The van der Waals surface area contributed by atoms with Crippen molar-refractivity contribution in [3.05, 3.63) is 34.6 Å². The first-order valence-electron chi connectivity index (χ1n) is 5.68. The van der Waals surface area contributed by atoms with Crippen LogP contribution in [-0.4, -0.2) is 20.4 Å². The number of benzene rings is 1. The van der Waals surface area contributed by atoms with Crippen LogP contribution in [0.1, 0.15) is 34.9 Å². The molecule has 1 aliphatic rings. The van der Waals surface area contributed by atoms with Gasteiger partial charge in [-0.25, -0.2) is 9.78 Å². The first-order chi connectivity index (χ1) is 9.13. The first-order valence-corrected chi connectivity index (χ1v) is 7.64. The molecule has 1 heterocycles. The molecule has 0 amide bonds. The van der Waals surface area contributed by atoms with E-state index in [-0.39, 0.29) is 10.6 Å². The van der Waals surface area contributed by atoms with E-state index in [1.165, 1.54) is 36.1 Å². The molecule has 4 nitrogen and oxygen atoms in total. The highest BCUT2D eigenvalue weighted by atomic mass is 35.5. The smallest absolute Gasteiger partial charge is 0.337 e. The van der Waals surface area contributed by atoms with Crippen LogP contribution in [0.15, 0.2) is 27.4 Å². The molecule has 0 saturated heterocycles. The third-order valence-corrected chi connectivity index (χ3v) is 4.82. The number of carboxylic acids is 1. The molecule has 1 aromatic heterocycles. The van der Waals surface area contributed by atoms with E-state index < -0.39 is 5.97 Å². The summed E-state index contributed by atoms with van der Waals surface area (Å²) in [6.45, 7) is 0. The molecule has 0 aliphatic heterocycles. The van der Waals surface area contributed by atoms with Gasteiger partial charge in [-0.05, 0) is 42.6 Å². The Kier molecular flexibility index (Phi) is 3.47. The van der Waals surface area contributed by atoms with Gasteiger partial charge in [-0.15, -0.1) is 0 Å². The minimum absolute atomic E-state index is 0.110. The van der Waals surface area contributed by atoms with Gasteiger partial charge in [0, 0.05) is 10.8 Å². The van der Waals surface area contributed by atoms with Gasteiger partial charge < -0.3 is 5.11 Å². The van der Waals surface area contributed by atoms with Crippen molar-refractivity contribution in [1.29, 1.82) is 0 Å². The molecular formula is C12H9ClN2O2S2. The summed E-state index contributed by atoms with van der Waals surface area (Å²) < 4.78 is 5.15. The quantitative estimate of drug-likeness (QED) is 0.927. The predicted octanol–water partition coefficient (Wildman–Crippen LogP) is 3.92. The van der Waals surface area contributed by atoms with Crippen molar-refractivity contribution >= 4 is 40.9 Å². The molecular weight excluding hydrogens is 304 g/mol. The second-order valence-electron chi connectivity index (χ2n) is 4.24. The van der Waals surface area contributed by atoms with Crippen molar-refractivity contribution in [2.45, 2.75) is 28.0 Å². The van der Waals surface area contributed by atoms with Crippen LogP contribution in [-0.2, 0) is 0 Å². The average Bonchev–Trinajstić information content (AvgIpc) is 3.12. The number of aromatic nitrogens is 2. The van der Waals surface area contributed by atoms with Crippen LogP contribution >= 0.6 is 34.9 Å². The Morgan fingerprint density at radius 1 is 1.47 bits per heavy atom. The number of carboxylic acid groups (broad SMARTS) is 1. The molecule has 3 rings (SSSR count). The van der Waals surface area contributed by atoms with Crippen molar-refractivity contribution < 1.29 is 9.90 Å². The van der Waals surface area contributed by atoms with Gasteiger partial charge in [0.05, 0.1) is 10.6 Å². The van der Waals surface area contributed by atoms with Crippen LogP contribution in [0, 0.1) is 0 Å². The molecule has 19 heavy (non-hydrogen) atoms. The lowest BCUT2D eigenvalue weighted by Crippen LogP contribution is -1.97. The summed E-state index contributed by atoms with van der Waals surface area (Å²) in [6, 6.07) is 4.95. The van der Waals surface area contributed by atoms with E-state index in [1.807, 2.05) is 0 Å². The predicted molar refractivity (Wildman–Crippen MR) is 74.4 cm³/mol. The fourth-order valence-corrected chi connectivity index (χ4v) is 3.50. The first kappa shape index (κ1) is 12.9. The minimum atomic E-state index is -1.02. The van der Waals surface area contributed by atoms with Gasteiger partial charge in [-0.3, -0.25) is 0 Å². The van der Waals surface area contributed by atoms with Crippen molar-refractivity contribution in [2.24, 2.45) is 0 Å². The van der Waals surface area contributed by atoms with Crippen LogP contribution in [0.5, 0.6) is 0 Å². The van der Waals surface area contributed by atoms with E-state index in [0.29, 0.717) is 5.92 Å². The number of aromatic carboxylic acids is 1. The maximum atomic E-state index is 11.0. The zero-order valence-electron chi connectivity index (χ0n) is 9.67. The average molecular weight is 313 g/mol. The van der Waals surface area contributed by atoms with Crippen LogP contribution in [0.2, 0.25) is 5.02 Å². The zero-order valence-corrected chi connectivity index (χ0v) is 12.1. The third-order valence-electron chi connectivity index (χ3n) is 2.74. The van der Waals surface area contributed by atoms with E-state index in [0.717, 1.165) is 15.1 Å². The molecule has 1 fully saturated rings. The van der Waals surface area contributed by atoms with Crippen molar-refractivity contribution in [3.8, 4) is 0 Å². The fourth-order valence-electron chi connectivity index (χ4n) is 1.60. The van der Waals surface area contributed by atoms with E-state index in [9.17, 15) is 4.79 Å². The van der Waals surface area contributed by atoms with Crippen molar-refractivity contribution in [1.82, 2.24) is 9.36 Å². The zero-order chi connectivity index (χ0) is 13.4. The topological polar surface area (TPSA) is 63.1 Å². The highest BCUT2D eigenvalue weighted by Gasteiger charge is 2.27. The fraction of sp³-hybridized carbons (Fsp3) is 0.250. The van der Waals surface area contributed by atoms with E-state index in [2.05, 4.69) is 9.36 Å². The lowest BCUT2D eigenvalue weighted by Gasteiger charge is -2.01. The molecule has 1 aliphatic carbocycles. The second kappa shape index (κ2) is 5.11. The molecule has 2 aromatic rings. The molecule has 0 spiro atoms. The van der Waals surface area contributed by atoms with E-state index >= 15 is 0 Å². The lowest BCUT2D eigenvalue weighted by atomic mass is 10.2. The molecule has 1 aromatic carbocycles. The molecule has 1 saturated carbocycles. The van der Waals surface area contributed by atoms with Crippen molar-refractivity contribution in [2.75, 3.05) is 0 Å². The van der Waals surface area contributed by atoms with Crippen molar-refractivity contribution in [3.63, 3.8) is 0 Å². The lowest BCUT2D eigenvalue weighted by molar-refractivity contribution is 0.0697. The highest BCUT2D eigenvalue weighted by Crippen LogP contribution is 2.40. The van der Waals surface area contributed by atoms with E-state index in [4.69, 9.17) is 16.7 Å².